The Balaban J connectivity index is 1.74. The Kier molecular flexibility index (Phi) is 7.69. The lowest BCUT2D eigenvalue weighted by Gasteiger charge is -2.21. The summed E-state index contributed by atoms with van der Waals surface area (Å²) in [6, 6.07) is 13.0. The number of benzene rings is 2. The van der Waals surface area contributed by atoms with Crippen molar-refractivity contribution in [3.8, 4) is 0 Å². The van der Waals surface area contributed by atoms with Gasteiger partial charge in [-0.25, -0.2) is 0 Å². The quantitative estimate of drug-likeness (QED) is 0.367. The predicted molar refractivity (Wildman–Crippen MR) is 108 cm³/mol. The van der Waals surface area contributed by atoms with Crippen LogP contribution in [0.5, 0.6) is 0 Å². The van der Waals surface area contributed by atoms with Crippen molar-refractivity contribution in [2.45, 2.75) is 20.4 Å². The Labute approximate surface area is 159 Å². The van der Waals surface area contributed by atoms with E-state index in [-0.39, 0.29) is 5.69 Å². The first-order valence-electron chi connectivity index (χ1n) is 8.77. The minimum atomic E-state index is -0.456. The number of nitrogens with zero attached hydrogens (tertiary/aromatic N) is 2. The van der Waals surface area contributed by atoms with E-state index in [1.165, 1.54) is 23.4 Å². The zero-order chi connectivity index (χ0) is 18.9. The normalized spacial score (nSPS) is 10.6. The van der Waals surface area contributed by atoms with Gasteiger partial charge in [0.25, 0.3) is 5.69 Å². The second kappa shape index (κ2) is 9.99. The Morgan fingerprint density at radius 1 is 1.08 bits per heavy atom. The van der Waals surface area contributed by atoms with Crippen LogP contribution in [0.25, 0.3) is 0 Å². The molecule has 26 heavy (non-hydrogen) atoms. The average molecular weight is 377 g/mol. The number of non-ortho nitro benzene ring substituents is 1. The molecule has 0 unspecified atom stereocenters. The van der Waals surface area contributed by atoms with Gasteiger partial charge >= 0.3 is 0 Å². The molecule has 2 aromatic rings. The molecule has 0 bridgehead atoms. The molecule has 0 aliphatic heterocycles. The summed E-state index contributed by atoms with van der Waals surface area (Å²) in [5, 5.41) is 17.6. The Morgan fingerprint density at radius 2 is 1.77 bits per heavy atom. The van der Waals surface area contributed by atoms with Crippen molar-refractivity contribution >= 4 is 28.7 Å². The van der Waals surface area contributed by atoms with Gasteiger partial charge in [0.05, 0.1) is 15.6 Å². The molecule has 6 nitrogen and oxygen atoms in total. The first-order valence-corrected chi connectivity index (χ1v) is 9.15. The fourth-order valence-electron chi connectivity index (χ4n) is 2.69. The summed E-state index contributed by atoms with van der Waals surface area (Å²) >= 11 is 6.06. The summed E-state index contributed by atoms with van der Waals surface area (Å²) in [5.74, 6) is 0. The van der Waals surface area contributed by atoms with Gasteiger partial charge in [-0.1, -0.05) is 23.7 Å². The molecule has 0 heterocycles. The van der Waals surface area contributed by atoms with E-state index in [0.29, 0.717) is 17.3 Å². The van der Waals surface area contributed by atoms with Crippen LogP contribution in [0.4, 0.5) is 17.1 Å². The second-order valence-electron chi connectivity index (χ2n) is 5.86. The van der Waals surface area contributed by atoms with E-state index in [9.17, 15) is 10.1 Å². The van der Waals surface area contributed by atoms with E-state index in [4.69, 9.17) is 11.6 Å². The highest BCUT2D eigenvalue weighted by molar-refractivity contribution is 6.33. The number of rotatable bonds is 10. The molecule has 0 spiro atoms. The number of hydrogen-bond donors (Lipinski definition) is 2. The minimum absolute atomic E-state index is 0.00756. The third-order valence-electron chi connectivity index (χ3n) is 4.17. The van der Waals surface area contributed by atoms with Crippen LogP contribution >= 0.6 is 11.6 Å². The van der Waals surface area contributed by atoms with Crippen LogP contribution in [-0.2, 0) is 6.54 Å². The Hall–Kier alpha value is -2.31. The van der Waals surface area contributed by atoms with E-state index < -0.39 is 4.92 Å². The third-order valence-corrected chi connectivity index (χ3v) is 4.49. The van der Waals surface area contributed by atoms with E-state index in [1.54, 1.807) is 6.07 Å². The Morgan fingerprint density at radius 3 is 2.35 bits per heavy atom. The summed E-state index contributed by atoms with van der Waals surface area (Å²) in [4.78, 5) is 12.6. The fourth-order valence-corrected chi connectivity index (χ4v) is 2.93. The minimum Gasteiger partial charge on any atom is -0.383 e. The predicted octanol–water partition coefficient (Wildman–Crippen LogP) is 4.30. The van der Waals surface area contributed by atoms with E-state index >= 15 is 0 Å². The molecule has 140 valence electrons. The molecule has 2 N–H and O–H groups in total. The van der Waals surface area contributed by atoms with Gasteiger partial charge in [0.15, 0.2) is 0 Å². The molecule has 0 aromatic heterocycles. The number of hydrogen-bond acceptors (Lipinski definition) is 5. The highest BCUT2D eigenvalue weighted by Gasteiger charge is 2.08. The van der Waals surface area contributed by atoms with Gasteiger partial charge in [0.2, 0.25) is 0 Å². The van der Waals surface area contributed by atoms with E-state index in [0.717, 1.165) is 26.2 Å². The van der Waals surface area contributed by atoms with Gasteiger partial charge in [-0.05, 0) is 37.6 Å². The highest BCUT2D eigenvalue weighted by Crippen LogP contribution is 2.26. The lowest BCUT2D eigenvalue weighted by atomic mass is 10.2. The van der Waals surface area contributed by atoms with Gasteiger partial charge in [0, 0.05) is 50.5 Å². The standard InChI is InChI=1S/C19H25ClN4O2/c1-3-23(4-2)16-7-5-15(6-8-16)14-21-11-12-22-19-10-9-17(24(25)26)13-18(19)20/h5-10,13,21-22H,3-4,11-12,14H2,1-2H3. The summed E-state index contributed by atoms with van der Waals surface area (Å²) in [6.45, 7) is 8.54. The van der Waals surface area contributed by atoms with Crippen LogP contribution < -0.4 is 15.5 Å². The van der Waals surface area contributed by atoms with Crippen molar-refractivity contribution in [3.05, 3.63) is 63.2 Å². The third kappa shape index (κ3) is 5.61. The second-order valence-corrected chi connectivity index (χ2v) is 6.27. The van der Waals surface area contributed by atoms with Gasteiger partial charge in [-0.2, -0.15) is 0 Å². The van der Waals surface area contributed by atoms with Crippen molar-refractivity contribution < 1.29 is 4.92 Å². The van der Waals surface area contributed by atoms with Crippen LogP contribution in [0, 0.1) is 10.1 Å². The van der Waals surface area contributed by atoms with Crippen LogP contribution in [0.2, 0.25) is 5.02 Å². The molecule has 0 saturated carbocycles. The maximum absolute atomic E-state index is 10.7. The van der Waals surface area contributed by atoms with E-state index in [1.807, 2.05) is 0 Å². The molecule has 2 aromatic carbocycles. The molecule has 0 fully saturated rings. The van der Waals surface area contributed by atoms with Crippen LogP contribution in [-0.4, -0.2) is 31.1 Å². The Bertz CT molecular complexity index is 718. The largest absolute Gasteiger partial charge is 0.383 e. The fraction of sp³-hybridized carbons (Fsp3) is 0.368. The van der Waals surface area contributed by atoms with Crippen molar-refractivity contribution in [2.24, 2.45) is 0 Å². The number of halogens is 1. The van der Waals surface area contributed by atoms with Crippen molar-refractivity contribution in [3.63, 3.8) is 0 Å². The molecular formula is C19H25ClN4O2. The van der Waals surface area contributed by atoms with Gasteiger partial charge in [-0.3, -0.25) is 10.1 Å². The molecular weight excluding hydrogens is 352 g/mol. The van der Waals surface area contributed by atoms with Crippen LogP contribution in [0.3, 0.4) is 0 Å². The highest BCUT2D eigenvalue weighted by atomic mass is 35.5. The lowest BCUT2D eigenvalue weighted by Crippen LogP contribution is -2.23. The first kappa shape index (κ1) is 20.0. The van der Waals surface area contributed by atoms with Gasteiger partial charge in [0.1, 0.15) is 0 Å². The SMILES string of the molecule is CCN(CC)c1ccc(CNCCNc2ccc([N+](=O)[O-])cc2Cl)cc1. The summed E-state index contributed by atoms with van der Waals surface area (Å²) in [6.07, 6.45) is 0. The number of nitro benzene ring substituents is 1. The molecule has 0 atom stereocenters. The topological polar surface area (TPSA) is 70.4 Å². The summed E-state index contributed by atoms with van der Waals surface area (Å²) < 4.78 is 0. The van der Waals surface area contributed by atoms with Gasteiger partial charge < -0.3 is 15.5 Å². The van der Waals surface area contributed by atoms with Crippen LogP contribution in [0.1, 0.15) is 19.4 Å². The average Bonchev–Trinajstić information content (AvgIpc) is 2.64. The van der Waals surface area contributed by atoms with Crippen molar-refractivity contribution in [1.29, 1.82) is 0 Å². The zero-order valence-electron chi connectivity index (χ0n) is 15.2. The molecule has 2 rings (SSSR count). The van der Waals surface area contributed by atoms with E-state index in [2.05, 4.69) is 53.6 Å². The maximum Gasteiger partial charge on any atom is 0.271 e. The molecule has 7 heteroatoms. The summed E-state index contributed by atoms with van der Waals surface area (Å²) in [5.41, 5.74) is 3.16. The molecule has 0 aliphatic rings. The van der Waals surface area contributed by atoms with Gasteiger partial charge in [-0.15, -0.1) is 0 Å². The zero-order valence-corrected chi connectivity index (χ0v) is 15.9. The lowest BCUT2D eigenvalue weighted by molar-refractivity contribution is -0.384. The van der Waals surface area contributed by atoms with Crippen LogP contribution in [0.15, 0.2) is 42.5 Å². The first-order chi connectivity index (χ1) is 12.5. The maximum atomic E-state index is 10.7. The molecule has 0 radical (unpaired) electrons. The number of anilines is 2. The molecule has 0 amide bonds. The molecule has 0 saturated heterocycles. The van der Waals surface area contributed by atoms with Crippen molar-refractivity contribution in [2.75, 3.05) is 36.4 Å². The summed E-state index contributed by atoms with van der Waals surface area (Å²) in [7, 11) is 0. The number of nitrogens with one attached hydrogen (secondary N) is 2. The number of nitro groups is 1. The smallest absolute Gasteiger partial charge is 0.271 e. The van der Waals surface area contributed by atoms with Crippen molar-refractivity contribution in [1.82, 2.24) is 5.32 Å². The molecule has 0 aliphatic carbocycles. The monoisotopic (exact) mass is 376 g/mol.